The van der Waals surface area contributed by atoms with Crippen molar-refractivity contribution in [3.63, 3.8) is 0 Å². The van der Waals surface area contributed by atoms with Crippen LogP contribution in [0.25, 0.3) is 0 Å². The number of rotatable bonds is 2. The predicted molar refractivity (Wildman–Crippen MR) is 103 cm³/mol. The number of ether oxygens (including phenoxy) is 2. The third-order valence-corrected chi connectivity index (χ3v) is 7.43. The highest BCUT2D eigenvalue weighted by molar-refractivity contribution is 7.89. The Hall–Kier alpha value is -1.75. The normalized spacial score (nSPS) is 27.5. The first-order valence-electron chi connectivity index (χ1n) is 9.82. The number of urea groups is 1. The lowest BCUT2D eigenvalue weighted by molar-refractivity contribution is 0.0377. The molecule has 1 aromatic rings. The number of aryl methyl sites for hydroxylation is 1. The number of sulfonamides is 1. The molecule has 0 radical (unpaired) electrons. The van der Waals surface area contributed by atoms with Crippen LogP contribution in [0.2, 0.25) is 0 Å². The van der Waals surface area contributed by atoms with E-state index < -0.39 is 28.0 Å². The Morgan fingerprint density at radius 3 is 2.62 bits per heavy atom. The molecule has 0 spiro atoms. The Bertz CT molecular complexity index is 854. The van der Waals surface area contributed by atoms with E-state index in [1.54, 1.807) is 22.8 Å². The van der Waals surface area contributed by atoms with E-state index in [0.717, 1.165) is 5.56 Å². The van der Waals surface area contributed by atoms with Crippen LogP contribution in [0, 0.1) is 12.7 Å². The summed E-state index contributed by atoms with van der Waals surface area (Å²) in [7, 11) is -3.60. The van der Waals surface area contributed by atoms with Gasteiger partial charge in [-0.3, -0.25) is 0 Å². The summed E-state index contributed by atoms with van der Waals surface area (Å²) in [5.41, 5.74) is 1.32. The fourth-order valence-electron chi connectivity index (χ4n) is 4.24. The molecule has 3 fully saturated rings. The summed E-state index contributed by atoms with van der Waals surface area (Å²) in [6.07, 6.45) is -0.396. The summed E-state index contributed by atoms with van der Waals surface area (Å²) in [6, 6.07) is 3.93. The third-order valence-electron chi connectivity index (χ3n) is 5.63. The van der Waals surface area contributed by atoms with Gasteiger partial charge in [0, 0.05) is 26.2 Å². The van der Waals surface area contributed by atoms with E-state index in [0.29, 0.717) is 38.4 Å². The molecule has 0 aromatic heterocycles. The van der Waals surface area contributed by atoms with Crippen molar-refractivity contribution < 1.29 is 27.1 Å². The minimum atomic E-state index is -3.60. The molecular weight excluding hydrogens is 401 g/mol. The lowest BCUT2D eigenvalue weighted by Crippen LogP contribution is -2.49. The van der Waals surface area contributed by atoms with Gasteiger partial charge in [0.25, 0.3) is 0 Å². The second-order valence-electron chi connectivity index (χ2n) is 7.76. The van der Waals surface area contributed by atoms with Crippen LogP contribution >= 0.6 is 0 Å². The Morgan fingerprint density at radius 1 is 1.14 bits per heavy atom. The molecule has 0 aliphatic carbocycles. The Morgan fingerprint density at radius 2 is 1.90 bits per heavy atom. The average Bonchev–Trinajstić information content (AvgIpc) is 3.04. The number of carbonyl (C=O) groups is 1. The smallest absolute Gasteiger partial charge is 0.320 e. The van der Waals surface area contributed by atoms with Crippen molar-refractivity contribution in [3.8, 4) is 0 Å². The number of fused-ring (bicyclic) bond motifs is 1. The van der Waals surface area contributed by atoms with Gasteiger partial charge in [-0.05, 0) is 30.2 Å². The molecule has 1 aromatic carbocycles. The van der Waals surface area contributed by atoms with Gasteiger partial charge in [-0.15, -0.1) is 0 Å². The highest BCUT2D eigenvalue weighted by Gasteiger charge is 2.46. The maximum Gasteiger partial charge on any atom is 0.320 e. The molecular formula is C19H26FN3O5S. The first-order chi connectivity index (χ1) is 13.8. The first-order valence-corrected chi connectivity index (χ1v) is 11.4. The van der Waals surface area contributed by atoms with Gasteiger partial charge < -0.3 is 19.3 Å². The van der Waals surface area contributed by atoms with E-state index in [-0.39, 0.29) is 31.5 Å². The zero-order chi connectivity index (χ0) is 20.6. The maximum atomic E-state index is 13.8. The van der Waals surface area contributed by atoms with Crippen molar-refractivity contribution in [1.82, 2.24) is 14.1 Å². The molecule has 2 atom stereocenters. The fraction of sp³-hybridized carbons (Fsp3) is 0.632. The highest BCUT2D eigenvalue weighted by Crippen LogP contribution is 2.28. The minimum Gasteiger partial charge on any atom is -0.378 e. The quantitative estimate of drug-likeness (QED) is 0.698. The predicted octanol–water partition coefficient (Wildman–Crippen LogP) is 0.801. The summed E-state index contributed by atoms with van der Waals surface area (Å²) in [5.74, 6) is -0.512. The molecule has 0 saturated carbocycles. The monoisotopic (exact) mass is 427 g/mol. The number of likely N-dealkylation sites (tertiary alicyclic amines) is 1. The summed E-state index contributed by atoms with van der Waals surface area (Å²) < 4.78 is 52.2. The number of nitrogens with zero attached hydrogens (tertiary/aromatic N) is 3. The molecule has 10 heteroatoms. The summed E-state index contributed by atoms with van der Waals surface area (Å²) in [4.78, 5) is 16.3. The molecule has 3 aliphatic rings. The maximum absolute atomic E-state index is 13.8. The van der Waals surface area contributed by atoms with Crippen LogP contribution in [0.3, 0.4) is 0 Å². The molecule has 4 rings (SSSR count). The van der Waals surface area contributed by atoms with E-state index >= 15 is 0 Å². The van der Waals surface area contributed by atoms with Crippen LogP contribution in [0.1, 0.15) is 11.1 Å². The van der Waals surface area contributed by atoms with Crippen LogP contribution in [0.4, 0.5) is 9.18 Å². The van der Waals surface area contributed by atoms with Crippen LogP contribution in [-0.2, 0) is 26.0 Å². The van der Waals surface area contributed by atoms with Gasteiger partial charge in [-0.25, -0.2) is 17.6 Å². The summed E-state index contributed by atoms with van der Waals surface area (Å²) in [6.45, 7) is 4.57. The Balaban J connectivity index is 1.56. The fourth-order valence-corrected chi connectivity index (χ4v) is 5.74. The number of benzene rings is 1. The molecule has 3 heterocycles. The molecule has 0 unspecified atom stereocenters. The van der Waals surface area contributed by atoms with Gasteiger partial charge in [0.1, 0.15) is 5.82 Å². The van der Waals surface area contributed by atoms with E-state index in [1.165, 1.54) is 16.4 Å². The van der Waals surface area contributed by atoms with Crippen molar-refractivity contribution >= 4 is 16.1 Å². The van der Waals surface area contributed by atoms with E-state index in [1.807, 2.05) is 0 Å². The molecule has 3 aliphatic heterocycles. The van der Waals surface area contributed by atoms with Crippen molar-refractivity contribution in [3.05, 3.63) is 35.1 Å². The van der Waals surface area contributed by atoms with Gasteiger partial charge in [0.15, 0.2) is 0 Å². The standard InChI is InChI=1S/C19H26FN3O5S/c1-14-8-15(10-16(20)9-14)11-23-17-12-22(19(24)21-2-4-27-5-3-21)13-18(17)28-6-7-29(23,25)26/h8-10,17-18H,2-7,11-13H2,1H3/t17-,18+/m1/s1. The molecule has 160 valence electrons. The van der Waals surface area contributed by atoms with Crippen molar-refractivity contribution in [2.45, 2.75) is 25.6 Å². The minimum absolute atomic E-state index is 0.0606. The number of carbonyl (C=O) groups excluding carboxylic acids is 1. The topological polar surface area (TPSA) is 79.4 Å². The van der Waals surface area contributed by atoms with E-state index in [2.05, 4.69) is 0 Å². The van der Waals surface area contributed by atoms with Crippen LogP contribution < -0.4 is 0 Å². The lowest BCUT2D eigenvalue weighted by atomic mass is 10.1. The van der Waals surface area contributed by atoms with Gasteiger partial charge in [0.05, 0.1) is 44.3 Å². The molecule has 8 nitrogen and oxygen atoms in total. The third kappa shape index (κ3) is 4.40. The molecule has 0 bridgehead atoms. The zero-order valence-electron chi connectivity index (χ0n) is 16.4. The largest absolute Gasteiger partial charge is 0.378 e. The SMILES string of the molecule is Cc1cc(F)cc(CN2[C@@H]3CN(C(=O)N4CCOCC4)C[C@@H]3OCCS2(=O)=O)c1. The lowest BCUT2D eigenvalue weighted by Gasteiger charge is -2.31. The number of halogens is 1. The Kier molecular flexibility index (Phi) is 5.78. The van der Waals surface area contributed by atoms with Gasteiger partial charge in [0.2, 0.25) is 10.0 Å². The second-order valence-corrected chi connectivity index (χ2v) is 9.80. The van der Waals surface area contributed by atoms with Crippen LogP contribution in [0.15, 0.2) is 18.2 Å². The van der Waals surface area contributed by atoms with E-state index in [4.69, 9.17) is 9.47 Å². The van der Waals surface area contributed by atoms with Crippen LogP contribution in [0.5, 0.6) is 0 Å². The van der Waals surface area contributed by atoms with Gasteiger partial charge >= 0.3 is 6.03 Å². The van der Waals surface area contributed by atoms with Gasteiger partial charge in [-0.2, -0.15) is 4.31 Å². The number of amides is 2. The molecule has 2 amide bonds. The number of hydrogen-bond donors (Lipinski definition) is 0. The Labute approximate surface area is 170 Å². The van der Waals surface area contributed by atoms with Crippen molar-refractivity contribution in [1.29, 1.82) is 0 Å². The number of morpholine rings is 1. The van der Waals surface area contributed by atoms with Crippen molar-refractivity contribution in [2.75, 3.05) is 51.8 Å². The van der Waals surface area contributed by atoms with E-state index in [9.17, 15) is 17.6 Å². The first kappa shape index (κ1) is 20.5. The molecule has 3 saturated heterocycles. The summed E-state index contributed by atoms with van der Waals surface area (Å²) in [5, 5.41) is 0. The summed E-state index contributed by atoms with van der Waals surface area (Å²) >= 11 is 0. The number of hydrogen-bond acceptors (Lipinski definition) is 5. The molecule has 29 heavy (non-hydrogen) atoms. The van der Waals surface area contributed by atoms with Crippen LogP contribution in [-0.4, -0.2) is 92.5 Å². The average molecular weight is 427 g/mol. The van der Waals surface area contributed by atoms with Gasteiger partial charge in [-0.1, -0.05) is 6.07 Å². The zero-order valence-corrected chi connectivity index (χ0v) is 17.2. The van der Waals surface area contributed by atoms with Crippen molar-refractivity contribution in [2.24, 2.45) is 0 Å². The highest BCUT2D eigenvalue weighted by atomic mass is 32.2. The second kappa shape index (κ2) is 8.17. The molecule has 0 N–H and O–H groups in total.